The number of alkyl halides is 3. The highest BCUT2D eigenvalue weighted by Crippen LogP contribution is 2.28. The third kappa shape index (κ3) is 3.88. The summed E-state index contributed by atoms with van der Waals surface area (Å²) in [5.41, 5.74) is 5.32. The summed E-state index contributed by atoms with van der Waals surface area (Å²) in [6.07, 6.45) is -3.32. The van der Waals surface area contributed by atoms with Gasteiger partial charge in [-0.3, -0.25) is 0 Å². The van der Waals surface area contributed by atoms with E-state index in [2.05, 4.69) is 14.9 Å². The van der Waals surface area contributed by atoms with Crippen LogP contribution in [0, 0.1) is 0 Å². The van der Waals surface area contributed by atoms with E-state index < -0.39 is 18.3 Å². The Hall–Kier alpha value is -1.19. The average Bonchev–Trinajstić information content (AvgIpc) is 2.78. The molecule has 0 aromatic carbocycles. The van der Waals surface area contributed by atoms with Crippen LogP contribution in [0.4, 0.5) is 13.2 Å². The maximum Gasteiger partial charge on any atom is 0.411 e. The van der Waals surface area contributed by atoms with Crippen molar-refractivity contribution < 1.29 is 27.2 Å². The molecule has 1 aromatic rings. The van der Waals surface area contributed by atoms with Gasteiger partial charge < -0.3 is 19.7 Å². The second kappa shape index (κ2) is 5.43. The van der Waals surface area contributed by atoms with E-state index in [0.29, 0.717) is 26.1 Å². The van der Waals surface area contributed by atoms with Gasteiger partial charge in [-0.15, -0.1) is 0 Å². The molecule has 1 aliphatic rings. The summed E-state index contributed by atoms with van der Waals surface area (Å²) in [6.45, 7) is -0.744. The van der Waals surface area contributed by atoms with Gasteiger partial charge in [0, 0.05) is 13.2 Å². The van der Waals surface area contributed by atoms with E-state index in [-0.39, 0.29) is 18.3 Å². The van der Waals surface area contributed by atoms with Crippen LogP contribution in [0.25, 0.3) is 0 Å². The van der Waals surface area contributed by atoms with Crippen molar-refractivity contribution in [1.29, 1.82) is 0 Å². The lowest BCUT2D eigenvalue weighted by molar-refractivity contribution is -0.177. The van der Waals surface area contributed by atoms with Gasteiger partial charge in [-0.1, -0.05) is 5.16 Å². The standard InChI is InChI=1S/C10H14F3N3O3/c11-10(12,13)6-18-5-7-15-8(19-16-7)9(14)1-3-17-4-2-9/h1-6,14H2. The summed E-state index contributed by atoms with van der Waals surface area (Å²) in [4.78, 5) is 3.97. The van der Waals surface area contributed by atoms with Crippen LogP contribution in [0.2, 0.25) is 0 Å². The third-order valence-corrected chi connectivity index (χ3v) is 2.78. The lowest BCUT2D eigenvalue weighted by Gasteiger charge is -2.29. The number of nitrogens with two attached hydrogens (primary N) is 1. The van der Waals surface area contributed by atoms with E-state index in [1.54, 1.807) is 0 Å². The first kappa shape index (κ1) is 14.2. The van der Waals surface area contributed by atoms with Crippen LogP contribution >= 0.6 is 0 Å². The number of ether oxygens (including phenoxy) is 2. The molecular formula is C10H14F3N3O3. The monoisotopic (exact) mass is 281 g/mol. The molecule has 2 heterocycles. The molecule has 0 unspecified atom stereocenters. The molecule has 0 aliphatic carbocycles. The molecule has 1 aromatic heterocycles. The summed E-state index contributed by atoms with van der Waals surface area (Å²) < 4.78 is 50.3. The molecule has 108 valence electrons. The maximum absolute atomic E-state index is 11.9. The molecule has 0 radical (unpaired) electrons. The molecule has 1 fully saturated rings. The second-order valence-corrected chi connectivity index (χ2v) is 4.39. The zero-order chi connectivity index (χ0) is 13.9. The number of hydrogen-bond donors (Lipinski definition) is 1. The van der Waals surface area contributed by atoms with Crippen LogP contribution in [0.5, 0.6) is 0 Å². The minimum Gasteiger partial charge on any atom is -0.381 e. The van der Waals surface area contributed by atoms with Gasteiger partial charge in [0.05, 0.1) is 0 Å². The van der Waals surface area contributed by atoms with E-state index in [4.69, 9.17) is 15.0 Å². The van der Waals surface area contributed by atoms with Gasteiger partial charge in [0.2, 0.25) is 5.89 Å². The van der Waals surface area contributed by atoms with E-state index >= 15 is 0 Å². The Kier molecular flexibility index (Phi) is 4.07. The summed E-state index contributed by atoms with van der Waals surface area (Å²) in [5.74, 6) is 0.261. The summed E-state index contributed by atoms with van der Waals surface area (Å²) in [6, 6.07) is 0. The van der Waals surface area contributed by atoms with Crippen molar-refractivity contribution in [3.05, 3.63) is 11.7 Å². The number of halogens is 3. The molecule has 0 saturated carbocycles. The molecule has 1 saturated heterocycles. The highest BCUT2D eigenvalue weighted by molar-refractivity contribution is 5.03. The normalized spacial score (nSPS) is 19.6. The molecule has 0 bridgehead atoms. The van der Waals surface area contributed by atoms with E-state index in [9.17, 15) is 13.2 Å². The Balaban J connectivity index is 1.91. The third-order valence-electron chi connectivity index (χ3n) is 2.78. The first-order valence-electron chi connectivity index (χ1n) is 5.73. The van der Waals surface area contributed by atoms with Gasteiger partial charge in [-0.25, -0.2) is 0 Å². The smallest absolute Gasteiger partial charge is 0.381 e. The van der Waals surface area contributed by atoms with Crippen molar-refractivity contribution in [1.82, 2.24) is 10.1 Å². The van der Waals surface area contributed by atoms with Crippen molar-refractivity contribution in [2.75, 3.05) is 19.8 Å². The fourth-order valence-electron chi connectivity index (χ4n) is 1.72. The summed E-state index contributed by atoms with van der Waals surface area (Å²) >= 11 is 0. The Morgan fingerprint density at radius 1 is 1.32 bits per heavy atom. The van der Waals surface area contributed by atoms with E-state index in [1.807, 2.05) is 0 Å². The Bertz CT molecular complexity index is 416. The predicted molar refractivity (Wildman–Crippen MR) is 55.9 cm³/mol. The zero-order valence-electron chi connectivity index (χ0n) is 10.1. The topological polar surface area (TPSA) is 83.4 Å². The van der Waals surface area contributed by atoms with Gasteiger partial charge in [0.15, 0.2) is 5.82 Å². The quantitative estimate of drug-likeness (QED) is 0.890. The highest BCUT2D eigenvalue weighted by Gasteiger charge is 2.36. The van der Waals surface area contributed by atoms with Gasteiger partial charge >= 0.3 is 6.18 Å². The molecule has 0 amide bonds. The number of rotatable bonds is 4. The van der Waals surface area contributed by atoms with Crippen molar-refractivity contribution >= 4 is 0 Å². The van der Waals surface area contributed by atoms with Gasteiger partial charge in [0.25, 0.3) is 0 Å². The van der Waals surface area contributed by atoms with Crippen molar-refractivity contribution in [3.8, 4) is 0 Å². The first-order chi connectivity index (χ1) is 8.89. The number of hydrogen-bond acceptors (Lipinski definition) is 6. The molecule has 2 N–H and O–H groups in total. The average molecular weight is 281 g/mol. The van der Waals surface area contributed by atoms with Crippen LogP contribution in [0.15, 0.2) is 4.52 Å². The largest absolute Gasteiger partial charge is 0.411 e. The van der Waals surface area contributed by atoms with Gasteiger partial charge in [0.1, 0.15) is 18.8 Å². The summed E-state index contributed by atoms with van der Waals surface area (Å²) in [7, 11) is 0. The van der Waals surface area contributed by atoms with E-state index in [1.165, 1.54) is 0 Å². The highest BCUT2D eigenvalue weighted by atomic mass is 19.4. The number of nitrogens with zero attached hydrogens (tertiary/aromatic N) is 2. The molecule has 9 heteroatoms. The van der Waals surface area contributed by atoms with Crippen molar-refractivity contribution in [2.45, 2.75) is 31.2 Å². The fourth-order valence-corrected chi connectivity index (χ4v) is 1.72. The Morgan fingerprint density at radius 3 is 2.63 bits per heavy atom. The van der Waals surface area contributed by atoms with Gasteiger partial charge in [-0.05, 0) is 12.8 Å². The van der Waals surface area contributed by atoms with Crippen LogP contribution < -0.4 is 5.73 Å². The lowest BCUT2D eigenvalue weighted by atomic mass is 9.91. The van der Waals surface area contributed by atoms with Crippen molar-refractivity contribution in [3.63, 3.8) is 0 Å². The van der Waals surface area contributed by atoms with Crippen LogP contribution in [-0.2, 0) is 21.6 Å². The van der Waals surface area contributed by atoms with Gasteiger partial charge in [-0.2, -0.15) is 18.2 Å². The predicted octanol–water partition coefficient (Wildman–Crippen LogP) is 1.11. The minimum absolute atomic E-state index is 0.0515. The first-order valence-corrected chi connectivity index (χ1v) is 5.73. The molecule has 0 spiro atoms. The van der Waals surface area contributed by atoms with Crippen LogP contribution in [0.1, 0.15) is 24.6 Å². The Morgan fingerprint density at radius 2 is 2.00 bits per heavy atom. The summed E-state index contributed by atoms with van der Waals surface area (Å²) in [5, 5.41) is 3.56. The second-order valence-electron chi connectivity index (χ2n) is 4.39. The lowest BCUT2D eigenvalue weighted by Crippen LogP contribution is -2.42. The fraction of sp³-hybridized carbons (Fsp3) is 0.800. The van der Waals surface area contributed by atoms with Crippen LogP contribution in [-0.4, -0.2) is 36.1 Å². The zero-order valence-corrected chi connectivity index (χ0v) is 10.1. The molecule has 19 heavy (non-hydrogen) atoms. The van der Waals surface area contributed by atoms with E-state index in [0.717, 1.165) is 0 Å². The molecule has 2 rings (SSSR count). The van der Waals surface area contributed by atoms with Crippen molar-refractivity contribution in [2.24, 2.45) is 5.73 Å². The minimum atomic E-state index is -4.37. The molecule has 0 atom stereocenters. The molecule has 6 nitrogen and oxygen atoms in total. The Labute approximate surface area is 107 Å². The maximum atomic E-state index is 11.9. The number of aromatic nitrogens is 2. The molecule has 1 aliphatic heterocycles. The van der Waals surface area contributed by atoms with Crippen LogP contribution in [0.3, 0.4) is 0 Å². The molecular weight excluding hydrogens is 267 g/mol. The SMILES string of the molecule is NC1(c2nc(COCC(F)(F)F)no2)CCOCC1.